The second kappa shape index (κ2) is 9.50. The van der Waals surface area contributed by atoms with E-state index in [-0.39, 0.29) is 0 Å². The first-order chi connectivity index (χ1) is 23.7. The minimum Gasteiger partial charge on any atom is -0.354 e. The molecule has 0 aliphatic carbocycles. The van der Waals surface area contributed by atoms with Crippen molar-refractivity contribution in [1.29, 1.82) is 0 Å². The molecule has 6 aromatic carbocycles. The van der Waals surface area contributed by atoms with Crippen molar-refractivity contribution in [2.24, 2.45) is 0 Å². The molecule has 2 N–H and O–H groups in total. The third-order valence-electron chi connectivity index (χ3n) is 10.0. The molecule has 4 heteroatoms. The quantitative estimate of drug-likeness (QED) is 0.179. The normalized spacial score (nSPS) is 12.2. The Hall–Kier alpha value is -6.52. The molecule has 0 atom stereocenters. The van der Waals surface area contributed by atoms with Crippen LogP contribution >= 0.6 is 0 Å². The molecule has 0 unspecified atom stereocenters. The fourth-order valence-electron chi connectivity index (χ4n) is 7.73. The van der Waals surface area contributed by atoms with Crippen LogP contribution in [0.2, 0.25) is 0 Å². The number of benzene rings is 6. The van der Waals surface area contributed by atoms with E-state index in [1.807, 2.05) is 0 Å². The number of aromatic amines is 2. The van der Waals surface area contributed by atoms with Crippen molar-refractivity contribution in [2.45, 2.75) is 0 Å². The SMILES string of the molecule is c1ccc2c(c1)-c1cc3[nH]c(cc4nc(cc5[nH]c(cc-2n1)c1cc2ccccc2cc51)-c1ccccc1-4)c1cc2ccccc2cc31. The Labute approximate surface area is 275 Å². The maximum Gasteiger partial charge on any atom is 0.0737 e. The first-order valence-corrected chi connectivity index (χ1v) is 16.3. The van der Waals surface area contributed by atoms with E-state index in [0.717, 1.165) is 88.6 Å². The zero-order valence-electron chi connectivity index (χ0n) is 25.8. The van der Waals surface area contributed by atoms with Gasteiger partial charge >= 0.3 is 0 Å². The number of rotatable bonds is 0. The Bertz CT molecular complexity index is 2620. The molecule has 0 saturated heterocycles. The summed E-state index contributed by atoms with van der Waals surface area (Å²) in [5, 5.41) is 9.49. The average Bonchev–Trinajstić information content (AvgIpc) is 3.85. The van der Waals surface area contributed by atoms with Gasteiger partial charge in [0.1, 0.15) is 0 Å². The van der Waals surface area contributed by atoms with Crippen LogP contribution in [0.4, 0.5) is 0 Å². The summed E-state index contributed by atoms with van der Waals surface area (Å²) in [6.07, 6.45) is 0. The summed E-state index contributed by atoms with van der Waals surface area (Å²) in [5.74, 6) is 0. The molecule has 0 spiro atoms. The van der Waals surface area contributed by atoms with Crippen molar-refractivity contribution >= 4 is 65.2 Å². The van der Waals surface area contributed by atoms with E-state index >= 15 is 0 Å². The Balaban J connectivity index is 1.36. The lowest BCUT2D eigenvalue weighted by Gasteiger charge is -2.00. The van der Waals surface area contributed by atoms with Crippen molar-refractivity contribution < 1.29 is 0 Å². The fourth-order valence-corrected chi connectivity index (χ4v) is 7.73. The van der Waals surface area contributed by atoms with Gasteiger partial charge in [-0.05, 0) is 70.1 Å². The molecule has 222 valence electrons. The van der Waals surface area contributed by atoms with Crippen molar-refractivity contribution in [2.75, 3.05) is 0 Å². The molecule has 0 radical (unpaired) electrons. The number of H-pyrrole nitrogens is 2. The van der Waals surface area contributed by atoms with Gasteiger partial charge in [0.2, 0.25) is 0 Å². The van der Waals surface area contributed by atoms with Crippen molar-refractivity contribution in [1.82, 2.24) is 19.9 Å². The lowest BCUT2D eigenvalue weighted by molar-refractivity contribution is 1.40. The largest absolute Gasteiger partial charge is 0.354 e. The highest BCUT2D eigenvalue weighted by molar-refractivity contribution is 6.15. The fraction of sp³-hybridized carbons (Fsp3) is 0. The predicted octanol–water partition coefficient (Wildman–Crippen LogP) is 11.6. The van der Waals surface area contributed by atoms with Crippen molar-refractivity contribution in [3.63, 3.8) is 0 Å². The van der Waals surface area contributed by atoms with Crippen LogP contribution < -0.4 is 0 Å². The topological polar surface area (TPSA) is 57.4 Å². The minimum atomic E-state index is 0.944. The van der Waals surface area contributed by atoms with E-state index in [9.17, 15) is 0 Å². The molecular weight excluding hydrogens is 585 g/mol. The monoisotopic (exact) mass is 610 g/mol. The Morgan fingerprint density at radius 1 is 0.292 bits per heavy atom. The maximum atomic E-state index is 5.30. The lowest BCUT2D eigenvalue weighted by Crippen LogP contribution is -1.75. The molecule has 11 rings (SSSR count). The van der Waals surface area contributed by atoms with Gasteiger partial charge in [0.25, 0.3) is 0 Å². The minimum absolute atomic E-state index is 0.944. The Kier molecular flexibility index (Phi) is 5.08. The molecule has 48 heavy (non-hydrogen) atoms. The van der Waals surface area contributed by atoms with Gasteiger partial charge in [0.15, 0.2) is 0 Å². The van der Waals surface area contributed by atoms with Crippen LogP contribution in [0.1, 0.15) is 0 Å². The molecule has 0 amide bonds. The van der Waals surface area contributed by atoms with Crippen LogP contribution in [-0.4, -0.2) is 19.9 Å². The number of hydrogen-bond donors (Lipinski definition) is 2. The molecule has 3 aromatic heterocycles. The number of aromatic nitrogens is 4. The zero-order valence-corrected chi connectivity index (χ0v) is 25.8. The summed E-state index contributed by atoms with van der Waals surface area (Å²) >= 11 is 0. The molecule has 5 heterocycles. The van der Waals surface area contributed by atoms with Crippen molar-refractivity contribution in [3.05, 3.63) is 146 Å². The standard InChI is InChI=1S/C44H26N4/c1-2-10-26-18-34-33(17-25(26)9-1)41-21-37-29-13-5-6-14-30(29)39(45-37)23-43-35-19-27-11-3-4-12-28(27)20-36(35)44(48-43)24-40-32-16-8-7-15-31(32)38(46-40)22-42(34)47-41/h1-24,47-48H. The summed E-state index contributed by atoms with van der Waals surface area (Å²) in [6, 6.07) is 52.2. The summed E-state index contributed by atoms with van der Waals surface area (Å²) in [7, 11) is 0. The van der Waals surface area contributed by atoms with Gasteiger partial charge < -0.3 is 9.97 Å². The second-order valence-corrected chi connectivity index (χ2v) is 12.8. The maximum absolute atomic E-state index is 5.30. The zero-order chi connectivity index (χ0) is 31.3. The first kappa shape index (κ1) is 25.6. The van der Waals surface area contributed by atoms with Crippen LogP contribution in [-0.2, 0) is 0 Å². The predicted molar refractivity (Wildman–Crippen MR) is 200 cm³/mol. The first-order valence-electron chi connectivity index (χ1n) is 16.3. The Morgan fingerprint density at radius 3 is 0.812 bits per heavy atom. The number of nitrogens with zero attached hydrogens (tertiary/aromatic N) is 2. The molecule has 0 saturated carbocycles. The van der Waals surface area contributed by atoms with Crippen LogP contribution in [0.3, 0.4) is 0 Å². The van der Waals surface area contributed by atoms with Crippen LogP contribution in [0.5, 0.6) is 0 Å². The number of fused-ring (bicyclic) bond motifs is 22. The van der Waals surface area contributed by atoms with E-state index < -0.39 is 0 Å². The molecule has 0 fully saturated rings. The highest BCUT2D eigenvalue weighted by atomic mass is 14.8. The third kappa shape index (κ3) is 3.71. The van der Waals surface area contributed by atoms with Gasteiger partial charge in [0, 0.05) is 65.9 Å². The van der Waals surface area contributed by atoms with Crippen LogP contribution in [0, 0.1) is 0 Å². The smallest absolute Gasteiger partial charge is 0.0737 e. The number of nitrogens with one attached hydrogen (secondary N) is 2. The van der Waals surface area contributed by atoms with E-state index in [4.69, 9.17) is 9.97 Å². The summed E-state index contributed by atoms with van der Waals surface area (Å²) < 4.78 is 0. The average molecular weight is 611 g/mol. The molecule has 8 bridgehead atoms. The molecular formula is C44H26N4. The van der Waals surface area contributed by atoms with E-state index in [1.54, 1.807) is 0 Å². The van der Waals surface area contributed by atoms with Crippen LogP contribution in [0.25, 0.3) is 110 Å². The molecule has 4 nitrogen and oxygen atoms in total. The van der Waals surface area contributed by atoms with Gasteiger partial charge in [-0.15, -0.1) is 0 Å². The molecule has 2 aliphatic rings. The highest BCUT2D eigenvalue weighted by Gasteiger charge is 2.19. The van der Waals surface area contributed by atoms with Gasteiger partial charge in [-0.2, -0.15) is 0 Å². The highest BCUT2D eigenvalue weighted by Crippen LogP contribution is 2.41. The number of hydrogen-bond acceptors (Lipinski definition) is 2. The summed E-state index contributed by atoms with van der Waals surface area (Å²) in [4.78, 5) is 18.2. The molecule has 9 aromatic rings. The Morgan fingerprint density at radius 2 is 0.542 bits per heavy atom. The van der Waals surface area contributed by atoms with Gasteiger partial charge in [0.05, 0.1) is 22.8 Å². The van der Waals surface area contributed by atoms with Gasteiger partial charge in [-0.25, -0.2) is 9.97 Å². The van der Waals surface area contributed by atoms with Gasteiger partial charge in [-0.3, -0.25) is 0 Å². The van der Waals surface area contributed by atoms with E-state index in [0.29, 0.717) is 0 Å². The van der Waals surface area contributed by atoms with E-state index in [2.05, 4.69) is 156 Å². The van der Waals surface area contributed by atoms with E-state index in [1.165, 1.54) is 21.5 Å². The van der Waals surface area contributed by atoms with Crippen LogP contribution in [0.15, 0.2) is 146 Å². The summed E-state index contributed by atoms with van der Waals surface area (Å²) in [5.41, 5.74) is 12.4. The van der Waals surface area contributed by atoms with Crippen molar-refractivity contribution in [3.8, 4) is 45.0 Å². The second-order valence-electron chi connectivity index (χ2n) is 12.8. The summed E-state index contributed by atoms with van der Waals surface area (Å²) in [6.45, 7) is 0. The third-order valence-corrected chi connectivity index (χ3v) is 10.0. The van der Waals surface area contributed by atoms with Gasteiger partial charge in [-0.1, -0.05) is 97.1 Å². The lowest BCUT2D eigenvalue weighted by atomic mass is 10.0. The molecule has 2 aliphatic heterocycles.